The third kappa shape index (κ3) is 4.99. The number of nitrogens with one attached hydrogen (secondary N) is 1. The van der Waals surface area contributed by atoms with E-state index in [-0.39, 0.29) is 5.91 Å². The van der Waals surface area contributed by atoms with Gasteiger partial charge in [-0.1, -0.05) is 55.1 Å². The van der Waals surface area contributed by atoms with E-state index in [4.69, 9.17) is 4.74 Å². The van der Waals surface area contributed by atoms with Gasteiger partial charge in [0.05, 0.1) is 0 Å². The van der Waals surface area contributed by atoms with Crippen molar-refractivity contribution >= 4 is 34.1 Å². The number of thioether (sulfide) groups is 1. The zero-order valence-electron chi connectivity index (χ0n) is 12.8. The molecule has 2 atom stereocenters. The molecule has 0 bridgehead atoms. The number of aromatic nitrogens is 2. The molecule has 1 aromatic heterocycles. The Morgan fingerprint density at radius 2 is 2.05 bits per heavy atom. The van der Waals surface area contributed by atoms with Gasteiger partial charge in [0.25, 0.3) is 5.91 Å². The van der Waals surface area contributed by atoms with Crippen molar-refractivity contribution in [3.63, 3.8) is 0 Å². The van der Waals surface area contributed by atoms with Crippen LogP contribution in [0.15, 0.2) is 34.7 Å². The smallest absolute Gasteiger partial charge is 0.266 e. The molecule has 0 aliphatic heterocycles. The van der Waals surface area contributed by atoms with Crippen molar-refractivity contribution in [1.29, 1.82) is 0 Å². The molecule has 5 nitrogen and oxygen atoms in total. The summed E-state index contributed by atoms with van der Waals surface area (Å²) in [5.74, 6) is 0.426. The number of carbonyl (C=O) groups excluding carboxylic acids is 1. The van der Waals surface area contributed by atoms with Gasteiger partial charge in [-0.25, -0.2) is 0 Å². The highest BCUT2D eigenvalue weighted by molar-refractivity contribution is 8.01. The van der Waals surface area contributed by atoms with Crippen molar-refractivity contribution in [2.45, 2.75) is 42.9 Å². The van der Waals surface area contributed by atoms with Gasteiger partial charge >= 0.3 is 0 Å². The number of rotatable bonds is 7. The van der Waals surface area contributed by atoms with E-state index in [0.29, 0.717) is 16.1 Å². The number of carbonyl (C=O) groups is 1. The molecule has 0 spiro atoms. The van der Waals surface area contributed by atoms with Crippen molar-refractivity contribution in [2.24, 2.45) is 0 Å². The normalized spacial score (nSPS) is 13.4. The van der Waals surface area contributed by atoms with Crippen molar-refractivity contribution in [1.82, 2.24) is 10.2 Å². The Morgan fingerprint density at radius 3 is 2.73 bits per heavy atom. The molecule has 0 aliphatic rings. The van der Waals surface area contributed by atoms with Crippen LogP contribution in [0.1, 0.15) is 27.2 Å². The summed E-state index contributed by atoms with van der Waals surface area (Å²) in [5.41, 5.74) is 0. The van der Waals surface area contributed by atoms with Crippen LogP contribution in [0.3, 0.4) is 0 Å². The molecule has 0 aliphatic carbocycles. The van der Waals surface area contributed by atoms with Crippen LogP contribution in [0.2, 0.25) is 0 Å². The number of amides is 1. The number of anilines is 1. The highest BCUT2D eigenvalue weighted by atomic mass is 32.2. The highest BCUT2D eigenvalue weighted by Gasteiger charge is 2.17. The minimum absolute atomic E-state index is 0.236. The third-order valence-corrected chi connectivity index (χ3v) is 5.13. The van der Waals surface area contributed by atoms with E-state index in [1.807, 2.05) is 30.3 Å². The topological polar surface area (TPSA) is 64.1 Å². The molecule has 118 valence electrons. The molecule has 0 fully saturated rings. The number of hydrogen-bond acceptors (Lipinski definition) is 6. The molecular formula is C15H19N3O2S2. The van der Waals surface area contributed by atoms with Crippen molar-refractivity contribution < 1.29 is 9.53 Å². The molecule has 22 heavy (non-hydrogen) atoms. The first-order chi connectivity index (χ1) is 10.6. The summed E-state index contributed by atoms with van der Waals surface area (Å²) in [4.78, 5) is 12.1. The second-order valence-corrected chi connectivity index (χ2v) is 7.44. The maximum atomic E-state index is 12.1. The molecule has 0 saturated heterocycles. The SMILES string of the molecule is CC[C@H](C)Sc1nnc(NC(=O)[C@@H](C)Oc2ccccc2)s1. The van der Waals surface area contributed by atoms with Crippen LogP contribution in [0.25, 0.3) is 0 Å². The van der Waals surface area contributed by atoms with E-state index < -0.39 is 6.10 Å². The largest absolute Gasteiger partial charge is 0.481 e. The van der Waals surface area contributed by atoms with Gasteiger partial charge in [0.1, 0.15) is 5.75 Å². The van der Waals surface area contributed by atoms with Gasteiger partial charge in [-0.3, -0.25) is 10.1 Å². The minimum Gasteiger partial charge on any atom is -0.481 e. The van der Waals surface area contributed by atoms with Crippen LogP contribution in [0, 0.1) is 0 Å². The fraction of sp³-hybridized carbons (Fsp3) is 0.400. The number of nitrogens with zero attached hydrogens (tertiary/aromatic N) is 2. The van der Waals surface area contributed by atoms with Crippen LogP contribution in [-0.2, 0) is 4.79 Å². The lowest BCUT2D eigenvalue weighted by atomic mass is 10.3. The molecule has 1 amide bonds. The lowest BCUT2D eigenvalue weighted by molar-refractivity contribution is -0.122. The summed E-state index contributed by atoms with van der Waals surface area (Å²) >= 11 is 3.05. The molecule has 1 aromatic carbocycles. The van der Waals surface area contributed by atoms with Gasteiger partial charge in [-0.2, -0.15) is 0 Å². The van der Waals surface area contributed by atoms with Crippen molar-refractivity contribution in [2.75, 3.05) is 5.32 Å². The van der Waals surface area contributed by atoms with Crippen LogP contribution >= 0.6 is 23.1 Å². The van der Waals surface area contributed by atoms with Gasteiger partial charge in [0.2, 0.25) is 5.13 Å². The Kier molecular flexibility index (Phi) is 6.21. The standard InChI is InChI=1S/C15H19N3O2S2/c1-4-10(2)21-15-18-17-14(22-15)16-13(19)11(3)20-12-8-6-5-7-9-12/h5-11H,4H2,1-3H3,(H,16,17,19)/t10-,11+/m0/s1. The molecular weight excluding hydrogens is 318 g/mol. The molecule has 2 aromatic rings. The van der Waals surface area contributed by atoms with Gasteiger partial charge in [-0.15, -0.1) is 10.2 Å². The minimum atomic E-state index is -0.600. The van der Waals surface area contributed by atoms with Crippen LogP contribution in [0.4, 0.5) is 5.13 Å². The van der Waals surface area contributed by atoms with E-state index in [2.05, 4.69) is 29.4 Å². The number of para-hydroxylation sites is 1. The first-order valence-corrected chi connectivity index (χ1v) is 8.80. The Labute approximate surface area is 138 Å². The fourth-order valence-corrected chi connectivity index (χ4v) is 3.53. The molecule has 0 saturated carbocycles. The summed E-state index contributed by atoms with van der Waals surface area (Å²) in [6.07, 6.45) is 0.463. The second kappa shape index (κ2) is 8.14. The summed E-state index contributed by atoms with van der Waals surface area (Å²) < 4.78 is 6.44. The number of hydrogen-bond donors (Lipinski definition) is 1. The monoisotopic (exact) mass is 337 g/mol. The second-order valence-electron chi connectivity index (χ2n) is 4.77. The molecule has 2 rings (SSSR count). The average Bonchev–Trinajstić information content (AvgIpc) is 2.95. The van der Waals surface area contributed by atoms with E-state index in [9.17, 15) is 4.79 Å². The highest BCUT2D eigenvalue weighted by Crippen LogP contribution is 2.30. The number of ether oxygens (including phenoxy) is 1. The van der Waals surface area contributed by atoms with E-state index in [0.717, 1.165) is 10.8 Å². The first-order valence-electron chi connectivity index (χ1n) is 7.11. The average molecular weight is 337 g/mol. The maximum Gasteiger partial charge on any atom is 0.266 e. The molecule has 1 N–H and O–H groups in total. The summed E-state index contributed by atoms with van der Waals surface area (Å²) in [6, 6.07) is 9.26. The zero-order chi connectivity index (χ0) is 15.9. The fourth-order valence-electron chi connectivity index (χ4n) is 1.53. The maximum absolute atomic E-state index is 12.1. The van der Waals surface area contributed by atoms with E-state index in [1.165, 1.54) is 11.3 Å². The van der Waals surface area contributed by atoms with Crippen molar-refractivity contribution in [3.8, 4) is 5.75 Å². The lowest BCUT2D eigenvalue weighted by Gasteiger charge is -2.13. The van der Waals surface area contributed by atoms with Gasteiger partial charge in [-0.05, 0) is 25.5 Å². The Balaban J connectivity index is 1.88. The lowest BCUT2D eigenvalue weighted by Crippen LogP contribution is -2.30. The predicted octanol–water partition coefficient (Wildman–Crippen LogP) is 3.83. The summed E-state index contributed by atoms with van der Waals surface area (Å²) in [5, 5.41) is 11.8. The molecule has 0 radical (unpaired) electrons. The van der Waals surface area contributed by atoms with Crippen LogP contribution in [0.5, 0.6) is 5.75 Å². The predicted molar refractivity (Wildman–Crippen MR) is 90.7 cm³/mol. The quantitative estimate of drug-likeness (QED) is 0.614. The van der Waals surface area contributed by atoms with Gasteiger partial charge < -0.3 is 4.74 Å². The summed E-state index contributed by atoms with van der Waals surface area (Å²) in [6.45, 7) is 5.97. The zero-order valence-corrected chi connectivity index (χ0v) is 14.4. The van der Waals surface area contributed by atoms with E-state index in [1.54, 1.807) is 18.7 Å². The number of benzene rings is 1. The Bertz CT molecular complexity index is 604. The first kappa shape index (κ1) is 16.8. The molecule has 1 heterocycles. The van der Waals surface area contributed by atoms with Crippen LogP contribution in [-0.4, -0.2) is 27.5 Å². The third-order valence-electron chi connectivity index (χ3n) is 2.94. The Morgan fingerprint density at radius 1 is 1.32 bits per heavy atom. The Hall–Kier alpha value is -1.60. The molecule has 7 heteroatoms. The van der Waals surface area contributed by atoms with Crippen LogP contribution < -0.4 is 10.1 Å². The van der Waals surface area contributed by atoms with Gasteiger partial charge in [0.15, 0.2) is 10.4 Å². The summed E-state index contributed by atoms with van der Waals surface area (Å²) in [7, 11) is 0. The molecule has 0 unspecified atom stereocenters. The van der Waals surface area contributed by atoms with Crippen molar-refractivity contribution in [3.05, 3.63) is 30.3 Å². The van der Waals surface area contributed by atoms with Gasteiger partial charge in [0, 0.05) is 5.25 Å². The van der Waals surface area contributed by atoms with E-state index >= 15 is 0 Å².